The third-order valence-corrected chi connectivity index (χ3v) is 3.01. The molecule has 0 amide bonds. The fourth-order valence-corrected chi connectivity index (χ4v) is 1.63. The van der Waals surface area contributed by atoms with Gasteiger partial charge in [0.15, 0.2) is 11.6 Å². The first kappa shape index (κ1) is 15.0. The van der Waals surface area contributed by atoms with Gasteiger partial charge in [-0.3, -0.25) is 14.1 Å². The third-order valence-electron chi connectivity index (χ3n) is 2.14. The number of ketones is 2. The molecule has 1 aromatic carbocycles. The van der Waals surface area contributed by atoms with Crippen LogP contribution in [0.1, 0.15) is 5.56 Å². The molecule has 5 nitrogen and oxygen atoms in total. The van der Waals surface area contributed by atoms with Gasteiger partial charge >= 0.3 is 0 Å². The molecule has 100 valence electrons. The van der Waals surface area contributed by atoms with E-state index in [-0.39, 0.29) is 16.5 Å². The second-order valence-corrected chi connectivity index (χ2v) is 5.18. The molecule has 0 aromatic heterocycles. The van der Waals surface area contributed by atoms with E-state index in [0.717, 1.165) is 5.56 Å². The van der Waals surface area contributed by atoms with Gasteiger partial charge in [-0.05, 0) is 43.4 Å². The molecule has 0 spiro atoms. The average Bonchev–Trinajstić information content (AvgIpc) is 2.33. The van der Waals surface area contributed by atoms with Crippen LogP contribution in [0.3, 0.4) is 0 Å². The van der Waals surface area contributed by atoms with Crippen LogP contribution in [0.15, 0.2) is 53.5 Å². The lowest BCUT2D eigenvalue weighted by Crippen LogP contribution is -1.97. The van der Waals surface area contributed by atoms with Crippen molar-refractivity contribution in [1.82, 2.24) is 0 Å². The fraction of sp³-hybridized carbons (Fsp3) is 0.0769. The number of rotatable bonds is 1. The topological polar surface area (TPSA) is 88.5 Å². The highest BCUT2D eigenvalue weighted by Crippen LogP contribution is 2.08. The molecule has 2 rings (SSSR count). The first-order valence-corrected chi connectivity index (χ1v) is 6.71. The zero-order valence-corrected chi connectivity index (χ0v) is 10.9. The molecule has 6 heteroatoms. The van der Waals surface area contributed by atoms with Crippen molar-refractivity contribution < 1.29 is 22.6 Å². The third kappa shape index (κ3) is 5.41. The van der Waals surface area contributed by atoms with E-state index in [4.69, 9.17) is 4.55 Å². The Balaban J connectivity index is 0.000000200. The maximum atomic E-state index is 10.5. The van der Waals surface area contributed by atoms with E-state index in [1.807, 2.05) is 6.92 Å². The van der Waals surface area contributed by atoms with Gasteiger partial charge in [0.2, 0.25) is 0 Å². The van der Waals surface area contributed by atoms with Crippen LogP contribution < -0.4 is 0 Å². The molecule has 1 aliphatic carbocycles. The summed E-state index contributed by atoms with van der Waals surface area (Å²) in [6.45, 7) is 1.84. The molecule has 0 aliphatic heterocycles. The second-order valence-electron chi connectivity index (χ2n) is 3.76. The minimum absolute atomic E-state index is 0.0666. The van der Waals surface area contributed by atoms with E-state index in [0.29, 0.717) is 0 Å². The van der Waals surface area contributed by atoms with Crippen LogP contribution in [0.5, 0.6) is 0 Å². The Kier molecular flexibility index (Phi) is 4.91. The highest BCUT2D eigenvalue weighted by Gasteiger charge is 2.06. The molecule has 0 bridgehead atoms. The fourth-order valence-electron chi connectivity index (χ4n) is 1.15. The molecule has 1 N–H and O–H groups in total. The standard InChI is InChI=1S/C7H8O3S.C6H4O2/c1-6-2-4-7(5-3-6)11(8,9)10;7-5-1-2-6(8)4-3-5/h2-5H,1H3,(H,8,9,10);1-4H. The highest BCUT2D eigenvalue weighted by molar-refractivity contribution is 7.85. The van der Waals surface area contributed by atoms with Gasteiger partial charge in [0.25, 0.3) is 10.1 Å². The molecule has 0 heterocycles. The first-order chi connectivity index (χ1) is 8.79. The van der Waals surface area contributed by atoms with Crippen molar-refractivity contribution in [1.29, 1.82) is 0 Å². The van der Waals surface area contributed by atoms with E-state index in [1.54, 1.807) is 12.1 Å². The molecule has 0 saturated carbocycles. The lowest BCUT2D eigenvalue weighted by atomic mass is 10.2. The van der Waals surface area contributed by atoms with E-state index in [1.165, 1.54) is 36.4 Å². The van der Waals surface area contributed by atoms with Gasteiger partial charge in [-0.15, -0.1) is 0 Å². The van der Waals surface area contributed by atoms with Crippen molar-refractivity contribution in [2.75, 3.05) is 0 Å². The zero-order chi connectivity index (χ0) is 14.5. The van der Waals surface area contributed by atoms with Crippen LogP contribution in [0.4, 0.5) is 0 Å². The van der Waals surface area contributed by atoms with Crippen LogP contribution in [-0.2, 0) is 19.7 Å². The van der Waals surface area contributed by atoms with Gasteiger partial charge < -0.3 is 0 Å². The highest BCUT2D eigenvalue weighted by atomic mass is 32.2. The summed E-state index contributed by atoms with van der Waals surface area (Å²) < 4.78 is 29.6. The Bertz CT molecular complexity index is 598. The Morgan fingerprint density at radius 1 is 0.842 bits per heavy atom. The summed E-state index contributed by atoms with van der Waals surface area (Å²) in [7, 11) is -4.02. The molecule has 1 aromatic rings. The van der Waals surface area contributed by atoms with Crippen LogP contribution in [0.2, 0.25) is 0 Å². The molecule has 0 unspecified atom stereocenters. The smallest absolute Gasteiger partial charge is 0.290 e. The lowest BCUT2D eigenvalue weighted by molar-refractivity contribution is -0.113. The molecule has 0 atom stereocenters. The van der Waals surface area contributed by atoms with Gasteiger partial charge in [-0.1, -0.05) is 17.7 Å². The first-order valence-electron chi connectivity index (χ1n) is 5.27. The number of benzene rings is 1. The normalized spacial score (nSPS) is 14.0. The molecular weight excluding hydrogens is 268 g/mol. The SMILES string of the molecule is Cc1ccc(S(=O)(=O)O)cc1.O=C1C=CC(=O)C=C1. The van der Waals surface area contributed by atoms with E-state index >= 15 is 0 Å². The van der Waals surface area contributed by atoms with Crippen molar-refractivity contribution in [2.24, 2.45) is 0 Å². The van der Waals surface area contributed by atoms with Gasteiger partial charge in [0.1, 0.15) is 0 Å². The summed E-state index contributed by atoms with van der Waals surface area (Å²) in [5.41, 5.74) is 0.956. The molecule has 1 aliphatic rings. The van der Waals surface area contributed by atoms with E-state index < -0.39 is 10.1 Å². The number of carbonyl (C=O) groups is 2. The number of hydrogen-bond donors (Lipinski definition) is 1. The monoisotopic (exact) mass is 280 g/mol. The lowest BCUT2D eigenvalue weighted by Gasteiger charge is -1.95. The van der Waals surface area contributed by atoms with Crippen LogP contribution >= 0.6 is 0 Å². The summed E-state index contributed by atoms with van der Waals surface area (Å²) >= 11 is 0. The largest absolute Gasteiger partial charge is 0.294 e. The Labute approximate surface area is 111 Å². The maximum Gasteiger partial charge on any atom is 0.294 e. The summed E-state index contributed by atoms with van der Waals surface area (Å²) in [4.78, 5) is 20.5. The van der Waals surface area contributed by atoms with Gasteiger partial charge in [0, 0.05) is 0 Å². The number of aryl methyl sites for hydroxylation is 1. The molecule has 0 fully saturated rings. The van der Waals surface area contributed by atoms with E-state index in [9.17, 15) is 18.0 Å². The summed E-state index contributed by atoms with van der Waals surface area (Å²) in [6, 6.07) is 5.99. The summed E-state index contributed by atoms with van der Waals surface area (Å²) in [6.07, 6.45) is 5.01. The predicted octanol–water partition coefficient (Wildman–Crippen LogP) is 1.49. The summed E-state index contributed by atoms with van der Waals surface area (Å²) in [5, 5.41) is 0. The Hall–Kier alpha value is -2.05. The van der Waals surface area contributed by atoms with E-state index in [2.05, 4.69) is 0 Å². The van der Waals surface area contributed by atoms with Gasteiger partial charge in [-0.2, -0.15) is 8.42 Å². The van der Waals surface area contributed by atoms with Crippen molar-refractivity contribution >= 4 is 21.7 Å². The minimum Gasteiger partial charge on any atom is -0.290 e. The maximum absolute atomic E-state index is 10.5. The quantitative estimate of drug-likeness (QED) is 0.622. The van der Waals surface area contributed by atoms with Crippen molar-refractivity contribution in [3.63, 3.8) is 0 Å². The van der Waals surface area contributed by atoms with Crippen molar-refractivity contribution in [3.8, 4) is 0 Å². The minimum atomic E-state index is -4.02. The van der Waals surface area contributed by atoms with Crippen molar-refractivity contribution in [3.05, 3.63) is 54.1 Å². The molecule has 0 saturated heterocycles. The summed E-state index contributed by atoms with van der Waals surface area (Å²) in [5.74, 6) is -0.241. The van der Waals surface area contributed by atoms with Gasteiger partial charge in [-0.25, -0.2) is 0 Å². The number of allylic oxidation sites excluding steroid dienone is 4. The van der Waals surface area contributed by atoms with Crippen molar-refractivity contribution in [2.45, 2.75) is 11.8 Å². The van der Waals surface area contributed by atoms with Crippen LogP contribution in [0.25, 0.3) is 0 Å². The van der Waals surface area contributed by atoms with Crippen LogP contribution in [0, 0.1) is 6.92 Å². The predicted molar refractivity (Wildman–Crippen MR) is 69.3 cm³/mol. The number of carbonyl (C=O) groups excluding carboxylic acids is 2. The van der Waals surface area contributed by atoms with Crippen LogP contribution in [-0.4, -0.2) is 24.5 Å². The molecular formula is C13H12O5S. The molecule has 19 heavy (non-hydrogen) atoms. The number of hydrogen-bond acceptors (Lipinski definition) is 4. The Morgan fingerprint density at radius 2 is 1.21 bits per heavy atom. The van der Waals surface area contributed by atoms with Gasteiger partial charge in [0.05, 0.1) is 4.90 Å². The Morgan fingerprint density at radius 3 is 1.53 bits per heavy atom. The average molecular weight is 280 g/mol. The second kappa shape index (κ2) is 6.21. The zero-order valence-electron chi connectivity index (χ0n) is 10.1. The molecule has 0 radical (unpaired) electrons.